The maximum atomic E-state index is 13.1. The smallest absolute Gasteiger partial charge is 0.247 e. The van der Waals surface area contributed by atoms with Crippen molar-refractivity contribution in [3.8, 4) is 0 Å². The van der Waals surface area contributed by atoms with E-state index >= 15 is 0 Å². The minimum Gasteiger partial charge on any atom is -0.322 e. The van der Waals surface area contributed by atoms with E-state index in [1.165, 1.54) is 6.42 Å². The Balaban J connectivity index is 1.93. The summed E-state index contributed by atoms with van der Waals surface area (Å²) < 4.78 is 0. The van der Waals surface area contributed by atoms with Crippen molar-refractivity contribution in [2.24, 2.45) is 11.8 Å². The van der Waals surface area contributed by atoms with E-state index in [-0.39, 0.29) is 23.7 Å². The van der Waals surface area contributed by atoms with Gasteiger partial charge in [0.1, 0.15) is 6.04 Å². The van der Waals surface area contributed by atoms with Crippen LogP contribution in [0.15, 0.2) is 36.5 Å². The van der Waals surface area contributed by atoms with Gasteiger partial charge in [-0.3, -0.25) is 9.59 Å². The molecule has 0 spiro atoms. The fraction of sp³-hybridized carbons (Fsp3) is 0.500. The molecule has 0 radical (unpaired) electrons. The van der Waals surface area contributed by atoms with E-state index in [2.05, 4.69) is 5.32 Å². The van der Waals surface area contributed by atoms with Crippen LogP contribution in [-0.4, -0.2) is 22.8 Å². The van der Waals surface area contributed by atoms with Gasteiger partial charge < -0.3 is 10.2 Å². The molecule has 4 nitrogen and oxygen atoms in total. The highest BCUT2D eigenvalue weighted by Gasteiger charge is 2.38. The van der Waals surface area contributed by atoms with Gasteiger partial charge in [-0.15, -0.1) is 0 Å². The zero-order valence-electron chi connectivity index (χ0n) is 14.5. The largest absolute Gasteiger partial charge is 0.322 e. The van der Waals surface area contributed by atoms with Gasteiger partial charge in [0, 0.05) is 12.1 Å². The topological polar surface area (TPSA) is 49.4 Å². The van der Waals surface area contributed by atoms with Crippen LogP contribution in [0.4, 0.5) is 0 Å². The molecule has 1 aliphatic carbocycles. The summed E-state index contributed by atoms with van der Waals surface area (Å²) in [5, 5.41) is 2.98. The molecule has 1 aromatic rings. The third-order valence-electron chi connectivity index (χ3n) is 5.02. The zero-order chi connectivity index (χ0) is 17.1. The Bertz CT molecular complexity index is 630. The molecule has 1 atom stereocenters. The SMILES string of the molecule is CC(C)C1C(=O)NC(c2ccccc2)=CN1C(=O)C1CCCCC1. The molecule has 0 saturated heterocycles. The summed E-state index contributed by atoms with van der Waals surface area (Å²) in [6.07, 6.45) is 7.16. The molecule has 1 aliphatic heterocycles. The van der Waals surface area contributed by atoms with Crippen LogP contribution in [0.25, 0.3) is 5.70 Å². The molecule has 1 unspecified atom stereocenters. The van der Waals surface area contributed by atoms with Gasteiger partial charge in [0.05, 0.1) is 5.70 Å². The van der Waals surface area contributed by atoms with Crippen molar-refractivity contribution in [2.45, 2.75) is 52.0 Å². The molecule has 2 aliphatic rings. The predicted octanol–water partition coefficient (Wildman–Crippen LogP) is 3.55. The maximum absolute atomic E-state index is 13.1. The van der Waals surface area contributed by atoms with Crippen molar-refractivity contribution >= 4 is 17.5 Å². The Kier molecular flexibility index (Phi) is 5.03. The lowest BCUT2D eigenvalue weighted by Crippen LogP contribution is -2.54. The molecule has 128 valence electrons. The number of carbonyl (C=O) groups excluding carboxylic acids is 2. The van der Waals surface area contributed by atoms with E-state index < -0.39 is 6.04 Å². The number of rotatable bonds is 3. The van der Waals surface area contributed by atoms with Crippen molar-refractivity contribution in [3.63, 3.8) is 0 Å². The monoisotopic (exact) mass is 326 g/mol. The molecule has 1 heterocycles. The average Bonchev–Trinajstić information content (AvgIpc) is 2.61. The molecule has 0 aromatic heterocycles. The van der Waals surface area contributed by atoms with Crippen LogP contribution < -0.4 is 5.32 Å². The van der Waals surface area contributed by atoms with Crippen molar-refractivity contribution in [2.75, 3.05) is 0 Å². The fourth-order valence-electron chi connectivity index (χ4n) is 3.73. The molecule has 2 amide bonds. The van der Waals surface area contributed by atoms with Crippen molar-refractivity contribution < 1.29 is 9.59 Å². The van der Waals surface area contributed by atoms with Crippen LogP contribution in [0, 0.1) is 11.8 Å². The third-order valence-corrected chi connectivity index (χ3v) is 5.02. The first-order chi connectivity index (χ1) is 11.6. The summed E-state index contributed by atoms with van der Waals surface area (Å²) in [7, 11) is 0. The van der Waals surface area contributed by atoms with E-state index in [1.54, 1.807) is 4.90 Å². The second-order valence-electron chi connectivity index (χ2n) is 7.17. The summed E-state index contributed by atoms with van der Waals surface area (Å²) in [5.41, 5.74) is 1.64. The standard InChI is InChI=1S/C20H26N2O2/c1-14(2)18-19(23)21-17(15-9-5-3-6-10-15)13-22(18)20(24)16-11-7-4-8-12-16/h3,5-6,9-10,13-14,16,18H,4,7-8,11-12H2,1-2H3,(H,21,23). The van der Waals surface area contributed by atoms with E-state index in [0.717, 1.165) is 31.2 Å². The Labute approximate surface area is 143 Å². The Morgan fingerprint density at radius 2 is 1.79 bits per heavy atom. The number of hydrogen-bond acceptors (Lipinski definition) is 2. The first-order valence-corrected chi connectivity index (χ1v) is 8.98. The molecule has 4 heteroatoms. The number of nitrogens with one attached hydrogen (secondary N) is 1. The predicted molar refractivity (Wildman–Crippen MR) is 94.6 cm³/mol. The van der Waals surface area contributed by atoms with Gasteiger partial charge in [-0.25, -0.2) is 0 Å². The number of nitrogens with zero attached hydrogens (tertiary/aromatic N) is 1. The first kappa shape index (κ1) is 16.7. The molecule has 0 bridgehead atoms. The highest BCUT2D eigenvalue weighted by Crippen LogP contribution is 2.30. The fourth-order valence-corrected chi connectivity index (χ4v) is 3.73. The number of benzene rings is 1. The molecule has 1 saturated carbocycles. The van der Waals surface area contributed by atoms with Gasteiger partial charge in [-0.05, 0) is 24.3 Å². The molecule has 1 aromatic carbocycles. The van der Waals surface area contributed by atoms with E-state index in [1.807, 2.05) is 50.4 Å². The summed E-state index contributed by atoms with van der Waals surface area (Å²) in [5.74, 6) is 0.150. The number of carbonyl (C=O) groups is 2. The first-order valence-electron chi connectivity index (χ1n) is 8.98. The Morgan fingerprint density at radius 1 is 1.12 bits per heavy atom. The quantitative estimate of drug-likeness (QED) is 0.923. The van der Waals surface area contributed by atoms with Crippen LogP contribution in [0.3, 0.4) is 0 Å². The summed E-state index contributed by atoms with van der Waals surface area (Å²) in [4.78, 5) is 27.5. The van der Waals surface area contributed by atoms with Crippen molar-refractivity contribution in [1.29, 1.82) is 0 Å². The van der Waals surface area contributed by atoms with Gasteiger partial charge in [-0.2, -0.15) is 0 Å². The number of hydrogen-bond donors (Lipinski definition) is 1. The second-order valence-corrected chi connectivity index (χ2v) is 7.17. The van der Waals surface area contributed by atoms with Crippen LogP contribution in [0.2, 0.25) is 0 Å². The average molecular weight is 326 g/mol. The van der Waals surface area contributed by atoms with Gasteiger partial charge in [0.2, 0.25) is 11.8 Å². The van der Waals surface area contributed by atoms with Crippen LogP contribution in [-0.2, 0) is 9.59 Å². The van der Waals surface area contributed by atoms with E-state index in [4.69, 9.17) is 0 Å². The molecular weight excluding hydrogens is 300 g/mol. The Hall–Kier alpha value is -2.10. The molecule has 1 N–H and O–H groups in total. The lowest BCUT2D eigenvalue weighted by atomic mass is 9.87. The minimum atomic E-state index is -0.424. The summed E-state index contributed by atoms with van der Waals surface area (Å²) in [6, 6.07) is 9.29. The van der Waals surface area contributed by atoms with Crippen molar-refractivity contribution in [1.82, 2.24) is 10.2 Å². The minimum absolute atomic E-state index is 0.0548. The molecule has 24 heavy (non-hydrogen) atoms. The molecule has 1 fully saturated rings. The van der Waals surface area contributed by atoms with Gasteiger partial charge in [0.15, 0.2) is 0 Å². The molecular formula is C20H26N2O2. The van der Waals surface area contributed by atoms with Gasteiger partial charge in [0.25, 0.3) is 0 Å². The van der Waals surface area contributed by atoms with Crippen LogP contribution >= 0.6 is 0 Å². The van der Waals surface area contributed by atoms with Crippen molar-refractivity contribution in [3.05, 3.63) is 42.1 Å². The second kappa shape index (κ2) is 7.20. The maximum Gasteiger partial charge on any atom is 0.247 e. The highest BCUT2D eigenvalue weighted by atomic mass is 16.2. The zero-order valence-corrected chi connectivity index (χ0v) is 14.5. The third kappa shape index (κ3) is 3.37. The lowest BCUT2D eigenvalue weighted by molar-refractivity contribution is -0.143. The van der Waals surface area contributed by atoms with Crippen LogP contribution in [0.1, 0.15) is 51.5 Å². The van der Waals surface area contributed by atoms with E-state index in [9.17, 15) is 9.59 Å². The summed E-state index contributed by atoms with van der Waals surface area (Å²) >= 11 is 0. The van der Waals surface area contributed by atoms with Gasteiger partial charge in [-0.1, -0.05) is 63.4 Å². The van der Waals surface area contributed by atoms with E-state index in [0.29, 0.717) is 5.70 Å². The molecule has 3 rings (SSSR count). The number of amides is 2. The highest BCUT2D eigenvalue weighted by molar-refractivity contribution is 5.97. The lowest BCUT2D eigenvalue weighted by Gasteiger charge is -2.38. The van der Waals surface area contributed by atoms with Crippen LogP contribution in [0.5, 0.6) is 0 Å². The summed E-state index contributed by atoms with van der Waals surface area (Å²) in [6.45, 7) is 3.99. The Morgan fingerprint density at radius 3 is 2.42 bits per heavy atom. The normalized spacial score (nSPS) is 22.3. The van der Waals surface area contributed by atoms with Gasteiger partial charge >= 0.3 is 0 Å².